The Bertz CT molecular complexity index is 483. The van der Waals surface area contributed by atoms with Crippen molar-refractivity contribution in [2.24, 2.45) is 5.41 Å². The van der Waals surface area contributed by atoms with Gasteiger partial charge < -0.3 is 9.64 Å². The smallest absolute Gasteiger partial charge is 0.410 e. The molecule has 0 unspecified atom stereocenters. The molecule has 1 fully saturated rings. The highest BCUT2D eigenvalue weighted by atomic mass is 16.6. The van der Waals surface area contributed by atoms with Crippen molar-refractivity contribution >= 4 is 11.9 Å². The minimum Gasteiger partial charge on any atom is -0.444 e. The van der Waals surface area contributed by atoms with E-state index >= 15 is 0 Å². The van der Waals surface area contributed by atoms with Crippen LogP contribution in [0, 0.1) is 16.7 Å². The quantitative estimate of drug-likeness (QED) is 0.719. The maximum absolute atomic E-state index is 12.0. The standard InChI is InChI=1S/C17H30N4O3/c1-16(2,3)24-15(23)21-10-7-13(8-11-21)20-19-12-17(4,5)14(22)6-9-18/h13,19-20H,6-8,10-12H2,1-5H3. The third-order valence-corrected chi connectivity index (χ3v) is 3.98. The van der Waals surface area contributed by atoms with Crippen molar-refractivity contribution in [3.8, 4) is 6.07 Å². The minimum absolute atomic E-state index is 0.0665. The van der Waals surface area contributed by atoms with E-state index in [-0.39, 0.29) is 24.3 Å². The lowest BCUT2D eigenvalue weighted by Gasteiger charge is -2.34. The Hall–Kier alpha value is -1.65. The lowest BCUT2D eigenvalue weighted by molar-refractivity contribution is -0.126. The van der Waals surface area contributed by atoms with E-state index in [0.717, 1.165) is 12.8 Å². The number of hydrazine groups is 1. The summed E-state index contributed by atoms with van der Waals surface area (Å²) in [5.41, 5.74) is 5.26. The van der Waals surface area contributed by atoms with Crippen molar-refractivity contribution in [1.82, 2.24) is 15.8 Å². The molecule has 7 nitrogen and oxygen atoms in total. The summed E-state index contributed by atoms with van der Waals surface area (Å²) in [6, 6.07) is 2.14. The molecule has 0 aromatic heterocycles. The number of hydrogen-bond donors (Lipinski definition) is 2. The van der Waals surface area contributed by atoms with E-state index in [1.807, 2.05) is 40.7 Å². The van der Waals surface area contributed by atoms with Crippen LogP contribution in [-0.2, 0) is 9.53 Å². The third kappa shape index (κ3) is 6.85. The molecule has 0 radical (unpaired) electrons. The third-order valence-electron chi connectivity index (χ3n) is 3.98. The topological polar surface area (TPSA) is 94.5 Å². The van der Waals surface area contributed by atoms with Gasteiger partial charge in [-0.15, -0.1) is 0 Å². The molecule has 7 heteroatoms. The fourth-order valence-corrected chi connectivity index (χ4v) is 2.36. The molecule has 1 aliphatic rings. The number of nitriles is 1. The van der Waals surface area contributed by atoms with E-state index in [4.69, 9.17) is 10.00 Å². The predicted molar refractivity (Wildman–Crippen MR) is 91.0 cm³/mol. The zero-order chi connectivity index (χ0) is 18.4. The summed E-state index contributed by atoms with van der Waals surface area (Å²) >= 11 is 0. The van der Waals surface area contributed by atoms with E-state index in [1.165, 1.54) is 0 Å². The van der Waals surface area contributed by atoms with Crippen molar-refractivity contribution in [3.05, 3.63) is 0 Å². The zero-order valence-corrected chi connectivity index (χ0v) is 15.4. The second-order valence-corrected chi connectivity index (χ2v) is 7.88. The summed E-state index contributed by atoms with van der Waals surface area (Å²) < 4.78 is 5.37. The summed E-state index contributed by atoms with van der Waals surface area (Å²) in [6.07, 6.45) is 1.30. The molecular weight excluding hydrogens is 308 g/mol. The van der Waals surface area contributed by atoms with Gasteiger partial charge in [0.05, 0.1) is 12.5 Å². The molecule has 1 saturated heterocycles. The maximum atomic E-state index is 12.0. The fourth-order valence-electron chi connectivity index (χ4n) is 2.36. The first kappa shape index (κ1) is 20.4. The highest BCUT2D eigenvalue weighted by Gasteiger charge is 2.29. The number of ether oxygens (including phenoxy) is 1. The van der Waals surface area contributed by atoms with Gasteiger partial charge >= 0.3 is 6.09 Å². The van der Waals surface area contributed by atoms with Crippen LogP contribution in [0.15, 0.2) is 0 Å². The highest BCUT2D eigenvalue weighted by Crippen LogP contribution is 2.18. The first-order valence-electron chi connectivity index (χ1n) is 8.42. The van der Waals surface area contributed by atoms with Crippen LogP contribution in [0.1, 0.15) is 53.9 Å². The molecule has 1 aliphatic heterocycles. The van der Waals surface area contributed by atoms with Gasteiger partial charge in [0.1, 0.15) is 5.60 Å². The van der Waals surface area contributed by atoms with E-state index in [0.29, 0.717) is 19.6 Å². The highest BCUT2D eigenvalue weighted by molar-refractivity contribution is 5.85. The number of hydrogen-bond acceptors (Lipinski definition) is 6. The number of piperidine rings is 1. The van der Waals surface area contributed by atoms with Crippen LogP contribution in [0.5, 0.6) is 0 Å². The number of amides is 1. The van der Waals surface area contributed by atoms with Crippen LogP contribution >= 0.6 is 0 Å². The maximum Gasteiger partial charge on any atom is 0.410 e. The minimum atomic E-state index is -0.583. The van der Waals surface area contributed by atoms with Gasteiger partial charge in [-0.1, -0.05) is 13.8 Å². The van der Waals surface area contributed by atoms with Crippen LogP contribution in [0.4, 0.5) is 4.79 Å². The van der Waals surface area contributed by atoms with E-state index in [1.54, 1.807) is 4.90 Å². The zero-order valence-electron chi connectivity index (χ0n) is 15.4. The molecule has 1 amide bonds. The average molecular weight is 338 g/mol. The second kappa shape index (κ2) is 8.45. The first-order valence-corrected chi connectivity index (χ1v) is 8.42. The number of ketones is 1. The molecule has 0 atom stereocenters. The molecular formula is C17H30N4O3. The Balaban J connectivity index is 2.31. The van der Waals surface area contributed by atoms with Crippen LogP contribution in [0.3, 0.4) is 0 Å². The van der Waals surface area contributed by atoms with E-state index in [9.17, 15) is 9.59 Å². The van der Waals surface area contributed by atoms with Crippen molar-refractivity contribution in [2.45, 2.75) is 65.5 Å². The van der Waals surface area contributed by atoms with Gasteiger partial charge in [0, 0.05) is 31.1 Å². The van der Waals surface area contributed by atoms with Gasteiger partial charge in [-0.05, 0) is 33.6 Å². The molecule has 0 bridgehead atoms. The number of rotatable bonds is 6. The normalized spacial score (nSPS) is 16.6. The van der Waals surface area contributed by atoms with E-state index in [2.05, 4.69) is 10.9 Å². The molecule has 0 aromatic carbocycles. The number of Topliss-reactive ketones (excluding diaryl/α,β-unsaturated/α-hetero) is 1. The van der Waals surface area contributed by atoms with E-state index < -0.39 is 11.0 Å². The molecule has 0 aliphatic carbocycles. The largest absolute Gasteiger partial charge is 0.444 e. The molecule has 1 heterocycles. The van der Waals surface area contributed by atoms with Gasteiger partial charge in [0.2, 0.25) is 0 Å². The molecule has 1 rings (SSSR count). The van der Waals surface area contributed by atoms with Crippen molar-refractivity contribution in [3.63, 3.8) is 0 Å². The van der Waals surface area contributed by atoms with Gasteiger partial charge in [0.15, 0.2) is 5.78 Å². The summed E-state index contributed by atoms with van der Waals surface area (Å²) in [4.78, 5) is 25.6. The summed E-state index contributed by atoms with van der Waals surface area (Å²) in [5.74, 6) is -0.0703. The van der Waals surface area contributed by atoms with Crippen molar-refractivity contribution in [2.75, 3.05) is 19.6 Å². The Morgan fingerprint density at radius 2 is 1.79 bits per heavy atom. The summed E-state index contributed by atoms with van der Waals surface area (Å²) in [7, 11) is 0. The molecule has 2 N–H and O–H groups in total. The van der Waals surface area contributed by atoms with Crippen molar-refractivity contribution in [1.29, 1.82) is 5.26 Å². The van der Waals surface area contributed by atoms with Crippen LogP contribution in [0.2, 0.25) is 0 Å². The SMILES string of the molecule is CC(C)(C)OC(=O)N1CCC(NNCC(C)(C)C(=O)CC#N)CC1. The average Bonchev–Trinajstić information content (AvgIpc) is 2.46. The van der Waals surface area contributed by atoms with Gasteiger partial charge in [-0.3, -0.25) is 15.6 Å². The number of nitrogens with one attached hydrogen (secondary N) is 2. The summed E-state index contributed by atoms with van der Waals surface area (Å²) in [5, 5.41) is 8.62. The fraction of sp³-hybridized carbons (Fsp3) is 0.824. The van der Waals surface area contributed by atoms with Crippen LogP contribution < -0.4 is 10.9 Å². The molecule has 0 aromatic rings. The monoisotopic (exact) mass is 338 g/mol. The Labute approximate surface area is 144 Å². The lowest BCUT2D eigenvalue weighted by atomic mass is 9.87. The van der Waals surface area contributed by atoms with Gasteiger partial charge in [-0.25, -0.2) is 4.79 Å². The number of carbonyl (C=O) groups excluding carboxylic acids is 2. The number of likely N-dealkylation sites (tertiary alicyclic amines) is 1. The number of nitrogens with zero attached hydrogens (tertiary/aromatic N) is 2. The predicted octanol–water partition coefficient (Wildman–Crippen LogP) is 1.99. The molecule has 24 heavy (non-hydrogen) atoms. The second-order valence-electron chi connectivity index (χ2n) is 7.88. The Kier molecular flexibility index (Phi) is 7.18. The van der Waals surface area contributed by atoms with Crippen LogP contribution in [-0.4, -0.2) is 48.1 Å². The van der Waals surface area contributed by atoms with Crippen LogP contribution in [0.25, 0.3) is 0 Å². The molecule has 0 spiro atoms. The lowest BCUT2D eigenvalue weighted by Crippen LogP contribution is -2.52. The van der Waals surface area contributed by atoms with Crippen molar-refractivity contribution < 1.29 is 14.3 Å². The Morgan fingerprint density at radius 3 is 2.29 bits per heavy atom. The number of carbonyl (C=O) groups is 2. The first-order chi connectivity index (χ1) is 11.0. The molecule has 0 saturated carbocycles. The summed E-state index contributed by atoms with van der Waals surface area (Å²) in [6.45, 7) is 11.0. The van der Waals surface area contributed by atoms with Gasteiger partial charge in [-0.2, -0.15) is 5.26 Å². The van der Waals surface area contributed by atoms with Gasteiger partial charge in [0.25, 0.3) is 0 Å². The Morgan fingerprint density at radius 1 is 1.21 bits per heavy atom. The molecule has 136 valence electrons.